The van der Waals surface area contributed by atoms with Gasteiger partial charge in [-0.1, -0.05) is 6.08 Å². The van der Waals surface area contributed by atoms with E-state index in [2.05, 4.69) is 17.2 Å². The Kier molecular flexibility index (Phi) is 4.30. The fraction of sp³-hybridized carbons (Fsp3) is 0.600. The van der Waals surface area contributed by atoms with Crippen molar-refractivity contribution in [1.29, 1.82) is 0 Å². The Morgan fingerprint density at radius 1 is 1.67 bits per heavy atom. The summed E-state index contributed by atoms with van der Waals surface area (Å²) in [5.74, 6) is -1.26. The van der Waals surface area contributed by atoms with E-state index >= 15 is 0 Å². The third kappa shape index (κ3) is 3.36. The molecule has 1 rings (SSSR count). The number of carbonyl (C=O) groups is 2. The fourth-order valence-corrected chi connectivity index (χ4v) is 1.57. The maximum atomic E-state index is 11.6. The van der Waals surface area contributed by atoms with Crippen LogP contribution in [-0.4, -0.2) is 35.6 Å². The molecule has 0 radical (unpaired) electrons. The van der Waals surface area contributed by atoms with Crippen LogP contribution in [0.1, 0.15) is 19.3 Å². The highest BCUT2D eigenvalue weighted by Crippen LogP contribution is 2.05. The van der Waals surface area contributed by atoms with Crippen molar-refractivity contribution < 1.29 is 14.7 Å². The number of aliphatic carboxylic acids is 1. The zero-order valence-corrected chi connectivity index (χ0v) is 8.53. The minimum Gasteiger partial charge on any atom is -0.480 e. The third-order valence-corrected chi connectivity index (χ3v) is 2.39. The number of hydrogen-bond acceptors (Lipinski definition) is 3. The second-order valence-electron chi connectivity index (χ2n) is 3.57. The number of hydrogen-bond donors (Lipinski definition) is 3. The van der Waals surface area contributed by atoms with E-state index in [1.165, 1.54) is 6.08 Å². The molecule has 2 unspecified atom stereocenters. The summed E-state index contributed by atoms with van der Waals surface area (Å²) in [6.45, 7) is 4.27. The predicted molar refractivity (Wildman–Crippen MR) is 55.4 cm³/mol. The molecular weight excluding hydrogens is 196 g/mol. The van der Waals surface area contributed by atoms with Crippen LogP contribution in [0.25, 0.3) is 0 Å². The van der Waals surface area contributed by atoms with E-state index in [1.807, 2.05) is 0 Å². The molecule has 2 atom stereocenters. The van der Waals surface area contributed by atoms with E-state index in [9.17, 15) is 9.59 Å². The van der Waals surface area contributed by atoms with Crippen molar-refractivity contribution in [2.45, 2.75) is 31.3 Å². The Labute approximate surface area is 88.5 Å². The number of rotatable bonds is 5. The Hall–Kier alpha value is -1.36. The number of amides is 1. The monoisotopic (exact) mass is 212 g/mol. The SMILES string of the molecule is C=CCC(NC(=O)C1CCCN1)C(=O)O. The average molecular weight is 212 g/mol. The lowest BCUT2D eigenvalue weighted by molar-refractivity contribution is -0.141. The molecule has 1 heterocycles. The number of carboxylic acids is 1. The fourth-order valence-electron chi connectivity index (χ4n) is 1.57. The van der Waals surface area contributed by atoms with Gasteiger partial charge in [-0.2, -0.15) is 0 Å². The molecule has 5 heteroatoms. The highest BCUT2D eigenvalue weighted by Gasteiger charge is 2.26. The van der Waals surface area contributed by atoms with Crippen molar-refractivity contribution in [3.63, 3.8) is 0 Å². The lowest BCUT2D eigenvalue weighted by Crippen LogP contribution is -2.48. The summed E-state index contributed by atoms with van der Waals surface area (Å²) in [7, 11) is 0. The number of nitrogens with one attached hydrogen (secondary N) is 2. The molecule has 1 aliphatic rings. The van der Waals surface area contributed by atoms with E-state index in [0.717, 1.165) is 19.4 Å². The maximum Gasteiger partial charge on any atom is 0.326 e. The van der Waals surface area contributed by atoms with Gasteiger partial charge in [0, 0.05) is 0 Å². The Morgan fingerprint density at radius 2 is 2.40 bits per heavy atom. The molecule has 0 aromatic rings. The minimum absolute atomic E-state index is 0.234. The topological polar surface area (TPSA) is 78.4 Å². The van der Waals surface area contributed by atoms with Crippen LogP contribution in [0.15, 0.2) is 12.7 Å². The highest BCUT2D eigenvalue weighted by molar-refractivity contribution is 5.87. The first-order chi connectivity index (χ1) is 7.15. The van der Waals surface area contributed by atoms with Gasteiger partial charge in [0.1, 0.15) is 6.04 Å². The summed E-state index contributed by atoms with van der Waals surface area (Å²) in [4.78, 5) is 22.3. The van der Waals surface area contributed by atoms with Gasteiger partial charge in [-0.15, -0.1) is 6.58 Å². The Balaban J connectivity index is 2.45. The van der Waals surface area contributed by atoms with Crippen molar-refractivity contribution >= 4 is 11.9 Å². The van der Waals surface area contributed by atoms with E-state index < -0.39 is 12.0 Å². The average Bonchev–Trinajstić information content (AvgIpc) is 2.69. The van der Waals surface area contributed by atoms with Crippen molar-refractivity contribution in [2.24, 2.45) is 0 Å². The summed E-state index contributed by atoms with van der Waals surface area (Å²) >= 11 is 0. The molecule has 0 spiro atoms. The minimum atomic E-state index is -1.03. The molecule has 0 aromatic carbocycles. The first kappa shape index (κ1) is 11.7. The van der Waals surface area contributed by atoms with Crippen LogP contribution >= 0.6 is 0 Å². The summed E-state index contributed by atoms with van der Waals surface area (Å²) < 4.78 is 0. The van der Waals surface area contributed by atoms with Crippen LogP contribution in [0.5, 0.6) is 0 Å². The molecule has 5 nitrogen and oxygen atoms in total. The number of carboxylic acid groups (broad SMARTS) is 1. The maximum absolute atomic E-state index is 11.6. The summed E-state index contributed by atoms with van der Waals surface area (Å²) in [6, 6.07) is -1.10. The molecule has 0 bridgehead atoms. The van der Waals surface area contributed by atoms with Crippen LogP contribution in [-0.2, 0) is 9.59 Å². The molecule has 0 saturated carbocycles. The molecule has 84 valence electrons. The van der Waals surface area contributed by atoms with Gasteiger partial charge >= 0.3 is 5.97 Å². The van der Waals surface area contributed by atoms with Crippen LogP contribution in [0, 0.1) is 0 Å². The zero-order valence-electron chi connectivity index (χ0n) is 8.53. The van der Waals surface area contributed by atoms with Gasteiger partial charge in [-0.05, 0) is 25.8 Å². The third-order valence-electron chi connectivity index (χ3n) is 2.39. The molecule has 0 aliphatic carbocycles. The van der Waals surface area contributed by atoms with E-state index in [1.54, 1.807) is 0 Å². The lowest BCUT2D eigenvalue weighted by atomic mass is 10.1. The highest BCUT2D eigenvalue weighted by atomic mass is 16.4. The normalized spacial score (nSPS) is 22.0. The summed E-state index contributed by atoms with van der Waals surface area (Å²) in [5, 5.41) is 14.3. The van der Waals surface area contributed by atoms with Crippen LogP contribution in [0.3, 0.4) is 0 Å². The van der Waals surface area contributed by atoms with E-state index in [4.69, 9.17) is 5.11 Å². The summed E-state index contributed by atoms with van der Waals surface area (Å²) in [6.07, 6.45) is 3.46. The molecule has 1 amide bonds. The molecular formula is C10H16N2O3. The van der Waals surface area contributed by atoms with Gasteiger partial charge in [0.25, 0.3) is 0 Å². The molecule has 0 aromatic heterocycles. The Morgan fingerprint density at radius 3 is 2.87 bits per heavy atom. The van der Waals surface area contributed by atoms with E-state index in [-0.39, 0.29) is 18.4 Å². The van der Waals surface area contributed by atoms with Gasteiger partial charge in [-0.3, -0.25) is 4.79 Å². The van der Waals surface area contributed by atoms with Gasteiger partial charge in [0.15, 0.2) is 0 Å². The van der Waals surface area contributed by atoms with Crippen LogP contribution in [0.4, 0.5) is 0 Å². The number of carbonyl (C=O) groups excluding carboxylic acids is 1. The first-order valence-electron chi connectivity index (χ1n) is 5.02. The smallest absolute Gasteiger partial charge is 0.326 e. The quantitative estimate of drug-likeness (QED) is 0.555. The molecule has 1 saturated heterocycles. The van der Waals surface area contributed by atoms with Crippen LogP contribution in [0.2, 0.25) is 0 Å². The second kappa shape index (κ2) is 5.50. The van der Waals surface area contributed by atoms with Gasteiger partial charge in [0.05, 0.1) is 6.04 Å². The predicted octanol–water partition coefficient (Wildman–Crippen LogP) is -0.116. The van der Waals surface area contributed by atoms with Crippen molar-refractivity contribution in [3.8, 4) is 0 Å². The van der Waals surface area contributed by atoms with Crippen molar-refractivity contribution in [1.82, 2.24) is 10.6 Å². The summed E-state index contributed by atoms with van der Waals surface area (Å²) in [5.41, 5.74) is 0. The van der Waals surface area contributed by atoms with Gasteiger partial charge in [-0.25, -0.2) is 4.79 Å². The zero-order chi connectivity index (χ0) is 11.3. The van der Waals surface area contributed by atoms with Gasteiger partial charge < -0.3 is 15.7 Å². The van der Waals surface area contributed by atoms with Gasteiger partial charge in [0.2, 0.25) is 5.91 Å². The standard InChI is InChI=1S/C10H16N2O3/c1-2-4-8(10(14)15)12-9(13)7-5-3-6-11-7/h2,7-8,11H,1,3-6H2,(H,12,13)(H,14,15). The lowest BCUT2D eigenvalue weighted by Gasteiger charge is -2.16. The van der Waals surface area contributed by atoms with E-state index in [0.29, 0.717) is 0 Å². The van der Waals surface area contributed by atoms with Crippen LogP contribution < -0.4 is 10.6 Å². The Bertz CT molecular complexity index is 259. The first-order valence-corrected chi connectivity index (χ1v) is 5.02. The molecule has 1 aliphatic heterocycles. The molecule has 15 heavy (non-hydrogen) atoms. The molecule has 1 fully saturated rings. The second-order valence-corrected chi connectivity index (χ2v) is 3.57. The van der Waals surface area contributed by atoms with Crippen molar-refractivity contribution in [2.75, 3.05) is 6.54 Å². The van der Waals surface area contributed by atoms with Crippen molar-refractivity contribution in [3.05, 3.63) is 12.7 Å². The molecule has 3 N–H and O–H groups in total. The largest absolute Gasteiger partial charge is 0.480 e.